The van der Waals surface area contributed by atoms with Crippen LogP contribution in [0.1, 0.15) is 22.8 Å². The van der Waals surface area contributed by atoms with E-state index in [1.54, 1.807) is 6.07 Å². The molecule has 2 heterocycles. The van der Waals surface area contributed by atoms with Gasteiger partial charge in [-0.05, 0) is 19.1 Å². The summed E-state index contributed by atoms with van der Waals surface area (Å²) in [5.41, 5.74) is 2.48. The van der Waals surface area contributed by atoms with Gasteiger partial charge in [0.15, 0.2) is 5.78 Å². The van der Waals surface area contributed by atoms with E-state index in [1.807, 2.05) is 49.5 Å². The van der Waals surface area contributed by atoms with E-state index in [0.717, 1.165) is 48.2 Å². The average molecular weight is 365 g/mol. The van der Waals surface area contributed by atoms with Crippen molar-refractivity contribution in [2.24, 2.45) is 0 Å². The van der Waals surface area contributed by atoms with Crippen molar-refractivity contribution in [2.45, 2.75) is 19.5 Å². The smallest absolute Gasteiger partial charge is 0.181 e. The monoisotopic (exact) mass is 365 g/mol. The Balaban J connectivity index is 1.39. The second-order valence-electron chi connectivity index (χ2n) is 7.19. The zero-order valence-corrected chi connectivity index (χ0v) is 15.5. The van der Waals surface area contributed by atoms with E-state index in [-0.39, 0.29) is 17.6 Å². The largest absolute Gasteiger partial charge is 0.360 e. The summed E-state index contributed by atoms with van der Waals surface area (Å²) < 4.78 is 13.9. The Morgan fingerprint density at radius 3 is 2.56 bits per heavy atom. The summed E-state index contributed by atoms with van der Waals surface area (Å²) in [5, 5.41) is 0.979. The van der Waals surface area contributed by atoms with E-state index in [2.05, 4.69) is 14.8 Å². The van der Waals surface area contributed by atoms with Crippen molar-refractivity contribution < 1.29 is 9.18 Å². The van der Waals surface area contributed by atoms with Crippen LogP contribution in [0.2, 0.25) is 0 Å². The minimum absolute atomic E-state index is 0.148. The van der Waals surface area contributed by atoms with Crippen molar-refractivity contribution in [3.63, 3.8) is 0 Å². The van der Waals surface area contributed by atoms with E-state index in [4.69, 9.17) is 0 Å². The molecule has 0 spiro atoms. The third kappa shape index (κ3) is 3.66. The molecule has 1 aliphatic rings. The number of fused-ring (bicyclic) bond motifs is 1. The van der Waals surface area contributed by atoms with Gasteiger partial charge in [-0.1, -0.05) is 36.4 Å². The first kappa shape index (κ1) is 17.9. The molecule has 4 nitrogen and oxygen atoms in total. The molecule has 0 radical (unpaired) electrons. The number of H-pyrrole nitrogens is 1. The van der Waals surface area contributed by atoms with Crippen molar-refractivity contribution in [3.8, 4) is 0 Å². The zero-order valence-electron chi connectivity index (χ0n) is 15.5. The summed E-state index contributed by atoms with van der Waals surface area (Å²) in [4.78, 5) is 20.7. The van der Waals surface area contributed by atoms with Crippen LogP contribution in [0, 0.1) is 5.82 Å². The van der Waals surface area contributed by atoms with Gasteiger partial charge in [-0.15, -0.1) is 0 Å². The summed E-state index contributed by atoms with van der Waals surface area (Å²) in [5.74, 6) is -0.00202. The van der Waals surface area contributed by atoms with Crippen molar-refractivity contribution in [1.82, 2.24) is 14.8 Å². The van der Waals surface area contributed by atoms with Crippen LogP contribution >= 0.6 is 0 Å². The van der Waals surface area contributed by atoms with Gasteiger partial charge in [0.05, 0.1) is 6.04 Å². The Hall–Kier alpha value is -2.50. The summed E-state index contributed by atoms with van der Waals surface area (Å²) in [6, 6.07) is 14.7. The SMILES string of the molecule is C[C@@H](C(=O)c1c[nH]c2ccccc12)N1CCN(Cc2ccccc2F)CC1. The Labute approximate surface area is 158 Å². The molecule has 1 aliphatic heterocycles. The molecule has 0 saturated carbocycles. The normalized spacial score (nSPS) is 17.3. The molecule has 0 aliphatic carbocycles. The molecule has 0 unspecified atom stereocenters. The highest BCUT2D eigenvalue weighted by Gasteiger charge is 2.27. The quantitative estimate of drug-likeness (QED) is 0.701. The van der Waals surface area contributed by atoms with E-state index in [0.29, 0.717) is 6.54 Å². The number of halogens is 1. The number of rotatable bonds is 5. The fraction of sp³-hybridized carbons (Fsp3) is 0.318. The summed E-state index contributed by atoms with van der Waals surface area (Å²) >= 11 is 0. The van der Waals surface area contributed by atoms with Crippen LogP contribution in [0.5, 0.6) is 0 Å². The second kappa shape index (κ2) is 7.62. The van der Waals surface area contributed by atoms with Gasteiger partial charge >= 0.3 is 0 Å². The molecule has 3 aromatic rings. The highest BCUT2D eigenvalue weighted by atomic mass is 19.1. The fourth-order valence-electron chi connectivity index (χ4n) is 3.84. The van der Waals surface area contributed by atoms with Crippen LogP contribution in [0.4, 0.5) is 4.39 Å². The lowest BCUT2D eigenvalue weighted by atomic mass is 10.0. The van der Waals surface area contributed by atoms with Crippen molar-refractivity contribution in [1.29, 1.82) is 0 Å². The molecule has 4 rings (SSSR count). The standard InChI is InChI=1S/C22H24FN3O/c1-16(22(27)19-14-24-21-9-5-3-7-18(19)21)26-12-10-25(11-13-26)15-17-6-2-4-8-20(17)23/h2-9,14,16,24H,10-13,15H2,1H3/t16-/m0/s1. The van der Waals surface area contributed by atoms with Gasteiger partial charge in [0.1, 0.15) is 5.82 Å². The maximum Gasteiger partial charge on any atom is 0.181 e. The number of carbonyl (C=O) groups excluding carboxylic acids is 1. The van der Waals surface area contributed by atoms with Gasteiger partial charge in [0.2, 0.25) is 0 Å². The number of benzene rings is 2. The van der Waals surface area contributed by atoms with Crippen LogP contribution in [-0.4, -0.2) is 52.8 Å². The Morgan fingerprint density at radius 1 is 1.07 bits per heavy atom. The van der Waals surface area contributed by atoms with E-state index >= 15 is 0 Å². The molecule has 2 aromatic carbocycles. The Kier molecular flexibility index (Phi) is 5.05. The summed E-state index contributed by atoms with van der Waals surface area (Å²) in [7, 11) is 0. The van der Waals surface area contributed by atoms with E-state index in [9.17, 15) is 9.18 Å². The van der Waals surface area contributed by atoms with Crippen LogP contribution in [0.15, 0.2) is 54.7 Å². The molecule has 5 heteroatoms. The minimum Gasteiger partial charge on any atom is -0.360 e. The highest BCUT2D eigenvalue weighted by molar-refractivity contribution is 6.10. The molecule has 1 atom stereocenters. The van der Waals surface area contributed by atoms with Gasteiger partial charge in [-0.25, -0.2) is 4.39 Å². The second-order valence-corrected chi connectivity index (χ2v) is 7.19. The number of para-hydroxylation sites is 1. The van der Waals surface area contributed by atoms with Crippen LogP contribution in [-0.2, 0) is 6.54 Å². The number of hydrogen-bond donors (Lipinski definition) is 1. The van der Waals surface area contributed by atoms with Crippen LogP contribution < -0.4 is 0 Å². The highest BCUT2D eigenvalue weighted by Crippen LogP contribution is 2.21. The van der Waals surface area contributed by atoms with Crippen LogP contribution in [0.3, 0.4) is 0 Å². The van der Waals surface area contributed by atoms with Gasteiger partial charge in [-0.2, -0.15) is 0 Å². The lowest BCUT2D eigenvalue weighted by Gasteiger charge is -2.37. The number of aromatic amines is 1. The predicted octanol–water partition coefficient (Wildman–Crippen LogP) is 3.70. The molecule has 1 N–H and O–H groups in total. The zero-order chi connectivity index (χ0) is 18.8. The first-order chi connectivity index (χ1) is 13.1. The number of carbonyl (C=O) groups is 1. The van der Waals surface area contributed by atoms with Crippen LogP contribution in [0.25, 0.3) is 10.9 Å². The average Bonchev–Trinajstić information content (AvgIpc) is 3.13. The summed E-state index contributed by atoms with van der Waals surface area (Å²) in [6.45, 7) is 5.88. The lowest BCUT2D eigenvalue weighted by molar-refractivity contribution is 0.0687. The first-order valence-corrected chi connectivity index (χ1v) is 9.43. The van der Waals surface area contributed by atoms with Crippen molar-refractivity contribution >= 4 is 16.7 Å². The van der Waals surface area contributed by atoms with Crippen molar-refractivity contribution in [2.75, 3.05) is 26.2 Å². The molecular weight excluding hydrogens is 341 g/mol. The van der Waals surface area contributed by atoms with Gasteiger partial charge in [-0.3, -0.25) is 14.6 Å². The van der Waals surface area contributed by atoms with Gasteiger partial charge in [0.25, 0.3) is 0 Å². The third-order valence-corrected chi connectivity index (χ3v) is 5.54. The number of nitrogens with zero attached hydrogens (tertiary/aromatic N) is 2. The number of hydrogen-bond acceptors (Lipinski definition) is 3. The van der Waals surface area contributed by atoms with E-state index in [1.165, 1.54) is 6.07 Å². The predicted molar refractivity (Wildman–Crippen MR) is 105 cm³/mol. The molecule has 140 valence electrons. The third-order valence-electron chi connectivity index (χ3n) is 5.54. The topological polar surface area (TPSA) is 39.3 Å². The molecule has 1 fully saturated rings. The minimum atomic E-state index is -0.167. The fourth-order valence-corrected chi connectivity index (χ4v) is 3.84. The number of aromatic nitrogens is 1. The number of ketones is 1. The van der Waals surface area contributed by atoms with Gasteiger partial charge in [0, 0.05) is 61.0 Å². The van der Waals surface area contributed by atoms with Gasteiger partial charge < -0.3 is 4.98 Å². The number of piperazine rings is 1. The molecule has 1 aromatic heterocycles. The molecule has 0 amide bonds. The molecular formula is C22H24FN3O. The number of Topliss-reactive ketones (excluding diaryl/α,β-unsaturated/α-hetero) is 1. The molecule has 1 saturated heterocycles. The maximum atomic E-state index is 13.9. The Bertz CT molecular complexity index is 943. The first-order valence-electron chi connectivity index (χ1n) is 9.43. The van der Waals surface area contributed by atoms with Crippen molar-refractivity contribution in [3.05, 3.63) is 71.7 Å². The summed E-state index contributed by atoms with van der Waals surface area (Å²) in [6.07, 6.45) is 1.82. The lowest BCUT2D eigenvalue weighted by Crippen LogP contribution is -2.51. The molecule has 0 bridgehead atoms. The molecule has 27 heavy (non-hydrogen) atoms. The van der Waals surface area contributed by atoms with E-state index < -0.39 is 0 Å². The number of nitrogens with one attached hydrogen (secondary N) is 1. The maximum absolute atomic E-state index is 13.9. The Morgan fingerprint density at radius 2 is 1.78 bits per heavy atom.